The fraction of sp³-hybridized carbons (Fsp3) is 0.154. The summed E-state index contributed by atoms with van der Waals surface area (Å²) >= 11 is 0. The molecule has 6 heteroatoms. The molecule has 0 aliphatic carbocycles. The van der Waals surface area contributed by atoms with Gasteiger partial charge in [0.05, 0.1) is 5.39 Å². The lowest BCUT2D eigenvalue weighted by Crippen LogP contribution is -2.12. The molecule has 1 aromatic heterocycles. The molecule has 98 valence electrons. The van der Waals surface area contributed by atoms with Crippen LogP contribution in [0.2, 0.25) is 0 Å². The van der Waals surface area contributed by atoms with Gasteiger partial charge in [0, 0.05) is 13.0 Å². The van der Waals surface area contributed by atoms with Gasteiger partial charge in [-0.2, -0.15) is 0 Å². The summed E-state index contributed by atoms with van der Waals surface area (Å²) in [6.45, 7) is 2.39. The van der Waals surface area contributed by atoms with Crippen LogP contribution < -0.4 is 10.4 Å². The molecular formula is C13H10O6. The van der Waals surface area contributed by atoms with Crippen molar-refractivity contribution in [3.63, 3.8) is 0 Å². The zero-order valence-electron chi connectivity index (χ0n) is 10.2. The molecule has 1 aromatic carbocycles. The third-order valence-electron chi connectivity index (χ3n) is 2.47. The van der Waals surface area contributed by atoms with Crippen LogP contribution in [0.3, 0.4) is 0 Å². The highest BCUT2D eigenvalue weighted by Crippen LogP contribution is 2.29. The van der Waals surface area contributed by atoms with E-state index < -0.39 is 28.7 Å². The van der Waals surface area contributed by atoms with Crippen LogP contribution in [0.1, 0.15) is 24.2 Å². The van der Waals surface area contributed by atoms with Crippen LogP contribution in [0.4, 0.5) is 0 Å². The van der Waals surface area contributed by atoms with E-state index in [0.29, 0.717) is 0 Å². The molecule has 0 saturated carbocycles. The molecule has 2 aromatic rings. The fourth-order valence-corrected chi connectivity index (χ4v) is 1.70. The lowest BCUT2D eigenvalue weighted by atomic mass is 10.1. The molecule has 19 heavy (non-hydrogen) atoms. The SMILES string of the molecule is CC(=O)Oc1ccc2c(O)c(C(C)=O)c(=O)oc2c1. The number of Topliss-reactive ketones (excluding diaryl/α,β-unsaturated/α-hetero) is 1. The monoisotopic (exact) mass is 262 g/mol. The second kappa shape index (κ2) is 4.56. The second-order valence-corrected chi connectivity index (χ2v) is 3.92. The molecule has 0 aliphatic heterocycles. The Hall–Kier alpha value is -2.63. The van der Waals surface area contributed by atoms with Crippen LogP contribution in [0, 0.1) is 0 Å². The van der Waals surface area contributed by atoms with Gasteiger partial charge in [-0.3, -0.25) is 9.59 Å². The number of aromatic hydroxyl groups is 1. The van der Waals surface area contributed by atoms with Gasteiger partial charge in [0.1, 0.15) is 22.6 Å². The lowest BCUT2D eigenvalue weighted by Gasteiger charge is -2.05. The third kappa shape index (κ3) is 2.33. The van der Waals surface area contributed by atoms with Crippen molar-refractivity contribution in [3.05, 3.63) is 34.2 Å². The molecule has 0 fully saturated rings. The number of hydrogen-bond donors (Lipinski definition) is 1. The minimum absolute atomic E-state index is 0.0336. The summed E-state index contributed by atoms with van der Waals surface area (Å²) in [6, 6.07) is 4.12. The molecular weight excluding hydrogens is 252 g/mol. The van der Waals surface area contributed by atoms with Crippen LogP contribution in [-0.4, -0.2) is 16.9 Å². The Bertz CT molecular complexity index is 741. The summed E-state index contributed by atoms with van der Waals surface area (Å²) in [4.78, 5) is 33.6. The maximum absolute atomic E-state index is 11.6. The lowest BCUT2D eigenvalue weighted by molar-refractivity contribution is -0.131. The zero-order valence-corrected chi connectivity index (χ0v) is 10.2. The quantitative estimate of drug-likeness (QED) is 0.382. The fourth-order valence-electron chi connectivity index (χ4n) is 1.70. The molecule has 1 heterocycles. The summed E-state index contributed by atoms with van der Waals surface area (Å²) in [5.41, 5.74) is -1.29. The second-order valence-electron chi connectivity index (χ2n) is 3.92. The van der Waals surface area contributed by atoms with Crippen LogP contribution in [-0.2, 0) is 4.79 Å². The van der Waals surface area contributed by atoms with Crippen molar-refractivity contribution in [1.29, 1.82) is 0 Å². The van der Waals surface area contributed by atoms with Gasteiger partial charge in [0.25, 0.3) is 0 Å². The first-order valence-electron chi connectivity index (χ1n) is 5.39. The molecule has 6 nitrogen and oxygen atoms in total. The summed E-state index contributed by atoms with van der Waals surface area (Å²) < 4.78 is 9.76. The molecule has 0 aliphatic rings. The van der Waals surface area contributed by atoms with Gasteiger partial charge in [-0.15, -0.1) is 0 Å². The third-order valence-corrected chi connectivity index (χ3v) is 2.47. The van der Waals surface area contributed by atoms with E-state index in [1.165, 1.54) is 25.1 Å². The van der Waals surface area contributed by atoms with E-state index in [9.17, 15) is 19.5 Å². The Labute approximate surface area is 107 Å². The van der Waals surface area contributed by atoms with Crippen molar-refractivity contribution in [2.45, 2.75) is 13.8 Å². The molecule has 0 spiro atoms. The van der Waals surface area contributed by atoms with Crippen LogP contribution in [0.15, 0.2) is 27.4 Å². The largest absolute Gasteiger partial charge is 0.506 e. The summed E-state index contributed by atoms with van der Waals surface area (Å²) in [5, 5.41) is 10.1. The Morgan fingerprint density at radius 1 is 1.26 bits per heavy atom. The summed E-state index contributed by atoms with van der Waals surface area (Å²) in [7, 11) is 0. The van der Waals surface area contributed by atoms with Gasteiger partial charge < -0.3 is 14.3 Å². The normalized spacial score (nSPS) is 10.4. The van der Waals surface area contributed by atoms with Crippen molar-refractivity contribution in [2.75, 3.05) is 0 Å². The Morgan fingerprint density at radius 3 is 2.53 bits per heavy atom. The van der Waals surface area contributed by atoms with Gasteiger partial charge in [-0.25, -0.2) is 4.79 Å². The van der Waals surface area contributed by atoms with E-state index >= 15 is 0 Å². The minimum Gasteiger partial charge on any atom is -0.506 e. The van der Waals surface area contributed by atoms with Gasteiger partial charge in [-0.05, 0) is 19.1 Å². The van der Waals surface area contributed by atoms with Crippen molar-refractivity contribution in [1.82, 2.24) is 0 Å². The van der Waals surface area contributed by atoms with E-state index in [4.69, 9.17) is 9.15 Å². The number of benzene rings is 1. The summed E-state index contributed by atoms with van der Waals surface area (Å²) in [5.74, 6) is -1.37. The molecule has 0 amide bonds. The predicted octanol–water partition coefficient (Wildman–Crippen LogP) is 1.63. The van der Waals surface area contributed by atoms with Gasteiger partial charge in [0.15, 0.2) is 5.78 Å². The number of fused-ring (bicyclic) bond motifs is 1. The van der Waals surface area contributed by atoms with Gasteiger partial charge >= 0.3 is 11.6 Å². The molecule has 0 bridgehead atoms. The average Bonchev–Trinajstić information content (AvgIpc) is 2.26. The summed E-state index contributed by atoms with van der Waals surface area (Å²) in [6.07, 6.45) is 0. The van der Waals surface area contributed by atoms with E-state index in [2.05, 4.69) is 0 Å². The topological polar surface area (TPSA) is 93.8 Å². The smallest absolute Gasteiger partial charge is 0.351 e. The number of carbonyl (C=O) groups is 2. The highest BCUT2D eigenvalue weighted by atomic mass is 16.5. The number of esters is 1. The van der Waals surface area contributed by atoms with Gasteiger partial charge in [-0.1, -0.05) is 0 Å². The van der Waals surface area contributed by atoms with Crippen molar-refractivity contribution >= 4 is 22.7 Å². The van der Waals surface area contributed by atoms with Crippen molar-refractivity contribution in [2.24, 2.45) is 0 Å². The molecule has 2 rings (SSSR count). The first-order valence-corrected chi connectivity index (χ1v) is 5.39. The number of rotatable bonds is 2. The van der Waals surface area contributed by atoms with Crippen LogP contribution in [0.5, 0.6) is 11.5 Å². The number of ether oxygens (including phenoxy) is 1. The standard InChI is InChI=1S/C13H10O6/c1-6(14)11-12(16)9-4-3-8(18-7(2)15)5-10(9)19-13(11)17/h3-5,16H,1-2H3. The minimum atomic E-state index is -0.933. The van der Waals surface area contributed by atoms with E-state index in [0.717, 1.165) is 6.92 Å². The maximum Gasteiger partial charge on any atom is 0.351 e. The number of hydrogen-bond acceptors (Lipinski definition) is 6. The maximum atomic E-state index is 11.6. The van der Waals surface area contributed by atoms with E-state index in [-0.39, 0.29) is 16.7 Å². The molecule has 0 radical (unpaired) electrons. The highest BCUT2D eigenvalue weighted by Gasteiger charge is 2.18. The molecule has 1 N–H and O–H groups in total. The molecule has 0 unspecified atom stereocenters. The van der Waals surface area contributed by atoms with E-state index in [1.807, 2.05) is 0 Å². The van der Waals surface area contributed by atoms with Crippen LogP contribution >= 0.6 is 0 Å². The molecule has 0 saturated heterocycles. The van der Waals surface area contributed by atoms with E-state index in [1.54, 1.807) is 0 Å². The first-order chi connectivity index (χ1) is 8.90. The zero-order chi connectivity index (χ0) is 14.2. The highest BCUT2D eigenvalue weighted by molar-refractivity contribution is 6.01. The van der Waals surface area contributed by atoms with Crippen LogP contribution in [0.25, 0.3) is 11.0 Å². The first kappa shape index (κ1) is 12.8. The molecule has 0 atom stereocenters. The number of ketones is 1. The van der Waals surface area contributed by atoms with Crippen molar-refractivity contribution in [3.8, 4) is 11.5 Å². The Morgan fingerprint density at radius 2 is 1.95 bits per heavy atom. The average molecular weight is 262 g/mol. The Balaban J connectivity index is 2.70. The van der Waals surface area contributed by atoms with Crippen molar-refractivity contribution < 1.29 is 23.8 Å². The predicted molar refractivity (Wildman–Crippen MR) is 65.5 cm³/mol. The Kier molecular flexibility index (Phi) is 3.08. The van der Waals surface area contributed by atoms with Gasteiger partial charge in [0.2, 0.25) is 0 Å². The number of carbonyl (C=O) groups excluding carboxylic acids is 2.